The Morgan fingerprint density at radius 3 is 2.38 bits per heavy atom. The van der Waals surface area contributed by atoms with Gasteiger partial charge in [0.05, 0.1) is 5.69 Å². The first-order valence-corrected chi connectivity index (χ1v) is 8.63. The Balaban J connectivity index is 2.26. The first kappa shape index (κ1) is 16.2. The molecule has 0 fully saturated rings. The summed E-state index contributed by atoms with van der Waals surface area (Å²) < 4.78 is 0. The molecular formula is C18H26N2S. The maximum absolute atomic E-state index is 4.89. The van der Waals surface area contributed by atoms with Gasteiger partial charge in [-0.05, 0) is 26.2 Å². The molecule has 1 atom stereocenters. The number of nitrogens with zero attached hydrogens (tertiary/aromatic N) is 1. The lowest BCUT2D eigenvalue weighted by Gasteiger charge is -2.11. The third kappa shape index (κ3) is 4.14. The molecule has 21 heavy (non-hydrogen) atoms. The fraction of sp³-hybridized carbons (Fsp3) is 0.500. The van der Waals surface area contributed by atoms with Crippen LogP contribution in [0.5, 0.6) is 0 Å². The molecule has 0 radical (unpaired) electrons. The smallest absolute Gasteiger partial charge is 0.123 e. The van der Waals surface area contributed by atoms with Crippen molar-refractivity contribution in [3.8, 4) is 10.6 Å². The number of benzene rings is 1. The Morgan fingerprint density at radius 1 is 1.14 bits per heavy atom. The zero-order valence-corrected chi connectivity index (χ0v) is 14.6. The fourth-order valence-corrected chi connectivity index (χ4v) is 3.34. The molecule has 2 aromatic rings. The van der Waals surface area contributed by atoms with Crippen molar-refractivity contribution in [3.63, 3.8) is 0 Å². The zero-order valence-electron chi connectivity index (χ0n) is 13.7. The summed E-state index contributed by atoms with van der Waals surface area (Å²) in [5, 5.41) is 4.73. The normalized spacial score (nSPS) is 12.9. The van der Waals surface area contributed by atoms with Crippen molar-refractivity contribution in [2.24, 2.45) is 0 Å². The van der Waals surface area contributed by atoms with E-state index in [0.29, 0.717) is 12.0 Å². The van der Waals surface area contributed by atoms with Crippen LogP contribution >= 0.6 is 11.3 Å². The van der Waals surface area contributed by atoms with E-state index in [1.54, 1.807) is 0 Å². The van der Waals surface area contributed by atoms with Crippen LogP contribution in [-0.4, -0.2) is 11.0 Å². The minimum Gasteiger partial charge on any atom is -0.309 e. The molecule has 2 nitrogen and oxygen atoms in total. The second kappa shape index (κ2) is 7.19. The summed E-state index contributed by atoms with van der Waals surface area (Å²) in [4.78, 5) is 6.27. The van der Waals surface area contributed by atoms with Gasteiger partial charge < -0.3 is 5.32 Å². The maximum atomic E-state index is 4.89. The lowest BCUT2D eigenvalue weighted by molar-refractivity contribution is 0.534. The number of aryl methyl sites for hydroxylation is 1. The maximum Gasteiger partial charge on any atom is 0.123 e. The minimum absolute atomic E-state index is 0.467. The van der Waals surface area contributed by atoms with Crippen LogP contribution in [0, 0.1) is 6.92 Å². The molecule has 0 saturated carbocycles. The quantitative estimate of drug-likeness (QED) is 0.800. The Labute approximate surface area is 132 Å². The van der Waals surface area contributed by atoms with Crippen molar-refractivity contribution >= 4 is 11.3 Å². The highest BCUT2D eigenvalue weighted by Crippen LogP contribution is 2.32. The summed E-state index contributed by atoms with van der Waals surface area (Å²) in [5.41, 5.74) is 3.76. The fourth-order valence-electron chi connectivity index (χ4n) is 2.17. The summed E-state index contributed by atoms with van der Waals surface area (Å²) in [5.74, 6) is 0.467. The van der Waals surface area contributed by atoms with Gasteiger partial charge in [0.25, 0.3) is 0 Å². The lowest BCUT2D eigenvalue weighted by Crippen LogP contribution is -2.24. The standard InChI is InChI=1S/C18H26N2S/c1-6-14(5)19-11-16-17(12(2)3)20-18(21-16)15-9-7-13(4)8-10-15/h7-10,12,14,19H,6,11H2,1-5H3. The van der Waals surface area contributed by atoms with Gasteiger partial charge in [-0.1, -0.05) is 50.6 Å². The third-order valence-corrected chi connectivity index (χ3v) is 4.92. The number of rotatable bonds is 6. The van der Waals surface area contributed by atoms with Gasteiger partial charge in [0.1, 0.15) is 5.01 Å². The molecule has 0 bridgehead atoms. The molecule has 1 aromatic carbocycles. The monoisotopic (exact) mass is 302 g/mol. The highest BCUT2D eigenvalue weighted by atomic mass is 32.1. The van der Waals surface area contributed by atoms with Gasteiger partial charge in [0.15, 0.2) is 0 Å². The van der Waals surface area contributed by atoms with E-state index in [0.717, 1.165) is 18.0 Å². The van der Waals surface area contributed by atoms with Crippen molar-refractivity contribution in [3.05, 3.63) is 40.4 Å². The van der Waals surface area contributed by atoms with Gasteiger partial charge in [0.2, 0.25) is 0 Å². The molecule has 1 aromatic heterocycles. The number of hydrogen-bond donors (Lipinski definition) is 1. The van der Waals surface area contributed by atoms with Crippen molar-refractivity contribution in [1.82, 2.24) is 10.3 Å². The molecule has 2 rings (SSSR count). The minimum atomic E-state index is 0.467. The zero-order chi connectivity index (χ0) is 15.4. The SMILES string of the molecule is CCC(C)NCc1sc(-c2ccc(C)cc2)nc1C(C)C. The number of thiazole rings is 1. The molecule has 0 saturated heterocycles. The average molecular weight is 302 g/mol. The number of nitrogens with one attached hydrogen (secondary N) is 1. The van der Waals surface area contributed by atoms with Gasteiger partial charge in [-0.2, -0.15) is 0 Å². The van der Waals surface area contributed by atoms with Gasteiger partial charge in [-0.25, -0.2) is 4.98 Å². The highest BCUT2D eigenvalue weighted by molar-refractivity contribution is 7.15. The Kier molecular flexibility index (Phi) is 5.54. The summed E-state index contributed by atoms with van der Waals surface area (Å²) in [6.07, 6.45) is 1.15. The third-order valence-electron chi connectivity index (χ3n) is 3.80. The highest BCUT2D eigenvalue weighted by Gasteiger charge is 2.15. The predicted octanol–water partition coefficient (Wildman–Crippen LogP) is 5.13. The predicted molar refractivity (Wildman–Crippen MR) is 93.0 cm³/mol. The van der Waals surface area contributed by atoms with E-state index in [1.165, 1.54) is 21.7 Å². The number of aromatic nitrogens is 1. The molecule has 0 aliphatic heterocycles. The van der Waals surface area contributed by atoms with Crippen LogP contribution in [0.4, 0.5) is 0 Å². The van der Waals surface area contributed by atoms with Crippen molar-refractivity contribution < 1.29 is 0 Å². The first-order chi connectivity index (χ1) is 10.0. The van der Waals surface area contributed by atoms with Crippen LogP contribution in [0.15, 0.2) is 24.3 Å². The van der Waals surface area contributed by atoms with Crippen LogP contribution in [-0.2, 0) is 6.54 Å². The second-order valence-corrected chi connectivity index (χ2v) is 7.12. The molecule has 0 spiro atoms. The molecule has 114 valence electrons. The first-order valence-electron chi connectivity index (χ1n) is 7.81. The van der Waals surface area contributed by atoms with E-state index >= 15 is 0 Å². The van der Waals surface area contributed by atoms with E-state index < -0.39 is 0 Å². The van der Waals surface area contributed by atoms with Gasteiger partial charge in [-0.15, -0.1) is 11.3 Å². The molecule has 1 N–H and O–H groups in total. The van der Waals surface area contributed by atoms with E-state index in [-0.39, 0.29) is 0 Å². The van der Waals surface area contributed by atoms with Crippen molar-refractivity contribution in [1.29, 1.82) is 0 Å². The van der Waals surface area contributed by atoms with Gasteiger partial charge in [-0.3, -0.25) is 0 Å². The lowest BCUT2D eigenvalue weighted by atomic mass is 10.1. The molecule has 1 heterocycles. The molecule has 3 heteroatoms. The van der Waals surface area contributed by atoms with Crippen LogP contribution in [0.2, 0.25) is 0 Å². The molecule has 0 aliphatic rings. The Morgan fingerprint density at radius 2 is 1.81 bits per heavy atom. The van der Waals surface area contributed by atoms with Gasteiger partial charge >= 0.3 is 0 Å². The summed E-state index contributed by atoms with van der Waals surface area (Å²) in [7, 11) is 0. The topological polar surface area (TPSA) is 24.9 Å². The van der Waals surface area contributed by atoms with E-state index in [1.807, 2.05) is 11.3 Å². The summed E-state index contributed by atoms with van der Waals surface area (Å²) in [6.45, 7) is 11.9. The van der Waals surface area contributed by atoms with Gasteiger partial charge in [0, 0.05) is 23.0 Å². The van der Waals surface area contributed by atoms with E-state index in [2.05, 4.69) is 64.2 Å². The van der Waals surface area contributed by atoms with E-state index in [4.69, 9.17) is 4.98 Å². The van der Waals surface area contributed by atoms with E-state index in [9.17, 15) is 0 Å². The molecule has 0 amide bonds. The molecule has 0 aliphatic carbocycles. The number of hydrogen-bond acceptors (Lipinski definition) is 3. The Hall–Kier alpha value is -1.19. The van der Waals surface area contributed by atoms with Crippen LogP contribution in [0.3, 0.4) is 0 Å². The molecular weight excluding hydrogens is 276 g/mol. The van der Waals surface area contributed by atoms with Crippen molar-refractivity contribution in [2.45, 2.75) is 59.5 Å². The largest absolute Gasteiger partial charge is 0.309 e. The van der Waals surface area contributed by atoms with Crippen LogP contribution in [0.1, 0.15) is 56.2 Å². The summed E-state index contributed by atoms with van der Waals surface area (Å²) >= 11 is 1.83. The average Bonchev–Trinajstić information content (AvgIpc) is 2.90. The van der Waals surface area contributed by atoms with Crippen LogP contribution in [0.25, 0.3) is 10.6 Å². The Bertz CT molecular complexity index is 569. The summed E-state index contributed by atoms with van der Waals surface area (Å²) in [6, 6.07) is 9.20. The van der Waals surface area contributed by atoms with Crippen LogP contribution < -0.4 is 5.32 Å². The molecule has 1 unspecified atom stereocenters. The second-order valence-electron chi connectivity index (χ2n) is 6.04. The van der Waals surface area contributed by atoms with Crippen molar-refractivity contribution in [2.75, 3.05) is 0 Å².